The number of hydrogen-bond acceptors (Lipinski definition) is 4. The van der Waals surface area contributed by atoms with Crippen molar-refractivity contribution < 1.29 is 4.39 Å². The van der Waals surface area contributed by atoms with Gasteiger partial charge in [-0.15, -0.1) is 5.10 Å². The molecule has 0 aliphatic heterocycles. The molecule has 0 aliphatic rings. The van der Waals surface area contributed by atoms with Crippen LogP contribution in [0.2, 0.25) is 0 Å². The first kappa shape index (κ1) is 14.4. The van der Waals surface area contributed by atoms with E-state index in [2.05, 4.69) is 10.2 Å². The van der Waals surface area contributed by atoms with Crippen molar-refractivity contribution in [2.45, 2.75) is 26.9 Å². The Kier molecular flexibility index (Phi) is 4.29. The molecule has 20 heavy (non-hydrogen) atoms. The number of nitrogens with zero attached hydrogens (tertiary/aromatic N) is 3. The second kappa shape index (κ2) is 5.96. The normalized spacial score (nSPS) is 10.7. The van der Waals surface area contributed by atoms with Gasteiger partial charge in [0.1, 0.15) is 5.82 Å². The van der Waals surface area contributed by atoms with E-state index in [1.54, 1.807) is 12.1 Å². The van der Waals surface area contributed by atoms with Gasteiger partial charge < -0.3 is 10.6 Å². The number of benzene rings is 1. The lowest BCUT2D eigenvalue weighted by atomic mass is 10.1. The zero-order valence-electron chi connectivity index (χ0n) is 12.0. The summed E-state index contributed by atoms with van der Waals surface area (Å²) in [7, 11) is 1.93. The van der Waals surface area contributed by atoms with Gasteiger partial charge in [0.25, 0.3) is 0 Å². The minimum atomic E-state index is -0.231. The number of aromatic nitrogens is 2. The fourth-order valence-electron chi connectivity index (χ4n) is 2.13. The molecule has 1 aromatic heterocycles. The summed E-state index contributed by atoms with van der Waals surface area (Å²) >= 11 is 0. The summed E-state index contributed by atoms with van der Waals surface area (Å²) in [5, 5.41) is 8.40. The van der Waals surface area contributed by atoms with Gasteiger partial charge in [0.15, 0.2) is 5.82 Å². The first-order valence-corrected chi connectivity index (χ1v) is 6.51. The summed E-state index contributed by atoms with van der Waals surface area (Å²) in [4.78, 5) is 1.98. The SMILES string of the molecule is Cc1nnc(N(C)Cc2ccc(F)cc2)c(CN)c1C. The zero-order chi connectivity index (χ0) is 14.7. The molecule has 0 amide bonds. The molecule has 0 saturated carbocycles. The van der Waals surface area contributed by atoms with E-state index < -0.39 is 0 Å². The summed E-state index contributed by atoms with van der Waals surface area (Å²) in [6.45, 7) is 4.97. The van der Waals surface area contributed by atoms with E-state index in [9.17, 15) is 4.39 Å². The van der Waals surface area contributed by atoms with Crippen LogP contribution in [0.25, 0.3) is 0 Å². The van der Waals surface area contributed by atoms with Gasteiger partial charge in [-0.2, -0.15) is 5.10 Å². The average Bonchev–Trinajstić information content (AvgIpc) is 2.44. The highest BCUT2D eigenvalue weighted by Crippen LogP contribution is 2.22. The third-order valence-corrected chi connectivity index (χ3v) is 3.46. The molecule has 2 aromatic rings. The predicted octanol–water partition coefficient (Wildman–Crippen LogP) is 2.33. The van der Waals surface area contributed by atoms with Crippen molar-refractivity contribution in [2.75, 3.05) is 11.9 Å². The van der Waals surface area contributed by atoms with Gasteiger partial charge >= 0.3 is 0 Å². The van der Waals surface area contributed by atoms with Gasteiger partial charge in [0.2, 0.25) is 0 Å². The summed E-state index contributed by atoms with van der Waals surface area (Å²) in [6, 6.07) is 6.45. The largest absolute Gasteiger partial charge is 0.354 e. The lowest BCUT2D eigenvalue weighted by molar-refractivity contribution is 0.627. The Hall–Kier alpha value is -2.01. The Bertz CT molecular complexity index is 596. The molecule has 0 radical (unpaired) electrons. The Morgan fingerprint density at radius 1 is 1.15 bits per heavy atom. The number of hydrogen-bond donors (Lipinski definition) is 1. The standard InChI is InChI=1S/C15H19FN4/c1-10-11(2)18-19-15(14(10)8-17)20(3)9-12-4-6-13(16)7-5-12/h4-7H,8-9,17H2,1-3H3. The van der Waals surface area contributed by atoms with Crippen molar-refractivity contribution in [1.82, 2.24) is 10.2 Å². The van der Waals surface area contributed by atoms with Gasteiger partial charge in [-0.05, 0) is 37.1 Å². The first-order chi connectivity index (χ1) is 9.52. The first-order valence-electron chi connectivity index (χ1n) is 6.51. The lowest BCUT2D eigenvalue weighted by Gasteiger charge is -2.22. The van der Waals surface area contributed by atoms with Crippen LogP contribution in [0.1, 0.15) is 22.4 Å². The van der Waals surface area contributed by atoms with Gasteiger partial charge in [0, 0.05) is 25.7 Å². The minimum absolute atomic E-state index is 0.231. The summed E-state index contributed by atoms with van der Waals surface area (Å²) in [5.74, 6) is 0.546. The van der Waals surface area contributed by atoms with Gasteiger partial charge in [-0.25, -0.2) is 4.39 Å². The van der Waals surface area contributed by atoms with E-state index in [0.29, 0.717) is 13.1 Å². The maximum Gasteiger partial charge on any atom is 0.156 e. The highest BCUT2D eigenvalue weighted by Gasteiger charge is 2.13. The smallest absolute Gasteiger partial charge is 0.156 e. The van der Waals surface area contributed by atoms with Crippen molar-refractivity contribution in [3.8, 4) is 0 Å². The Morgan fingerprint density at radius 3 is 2.40 bits per heavy atom. The van der Waals surface area contributed by atoms with Crippen molar-refractivity contribution in [2.24, 2.45) is 5.73 Å². The third kappa shape index (κ3) is 2.93. The number of anilines is 1. The molecule has 2 rings (SSSR count). The van der Waals surface area contributed by atoms with E-state index in [4.69, 9.17) is 5.73 Å². The molecule has 0 fully saturated rings. The van der Waals surface area contributed by atoms with Crippen LogP contribution in [0.4, 0.5) is 10.2 Å². The van der Waals surface area contributed by atoms with Crippen molar-refractivity contribution in [3.63, 3.8) is 0 Å². The van der Waals surface area contributed by atoms with E-state index >= 15 is 0 Å². The maximum absolute atomic E-state index is 12.9. The van der Waals surface area contributed by atoms with Crippen molar-refractivity contribution >= 4 is 5.82 Å². The molecule has 1 aromatic carbocycles. The molecule has 106 valence electrons. The fourth-order valence-corrected chi connectivity index (χ4v) is 2.13. The van der Waals surface area contributed by atoms with Gasteiger partial charge in [-0.1, -0.05) is 12.1 Å². The van der Waals surface area contributed by atoms with Gasteiger partial charge in [-0.3, -0.25) is 0 Å². The molecule has 1 heterocycles. The number of rotatable bonds is 4. The van der Waals surface area contributed by atoms with Crippen LogP contribution < -0.4 is 10.6 Å². The molecule has 0 saturated heterocycles. The van der Waals surface area contributed by atoms with Crippen LogP contribution in [0.15, 0.2) is 24.3 Å². The average molecular weight is 274 g/mol. The quantitative estimate of drug-likeness (QED) is 0.929. The van der Waals surface area contributed by atoms with Gasteiger partial charge in [0.05, 0.1) is 5.69 Å². The van der Waals surface area contributed by atoms with Crippen molar-refractivity contribution in [3.05, 3.63) is 52.5 Å². The lowest BCUT2D eigenvalue weighted by Crippen LogP contribution is -2.22. The summed E-state index contributed by atoms with van der Waals surface area (Å²) in [6.07, 6.45) is 0. The second-order valence-electron chi connectivity index (χ2n) is 4.90. The number of aryl methyl sites for hydroxylation is 1. The molecule has 0 atom stereocenters. The van der Waals surface area contributed by atoms with E-state index in [1.165, 1.54) is 12.1 Å². The van der Waals surface area contributed by atoms with Crippen LogP contribution in [0, 0.1) is 19.7 Å². The maximum atomic E-state index is 12.9. The molecule has 4 nitrogen and oxygen atoms in total. The molecular formula is C15H19FN4. The van der Waals surface area contributed by atoms with E-state index in [1.807, 2.05) is 25.8 Å². The third-order valence-electron chi connectivity index (χ3n) is 3.46. The molecule has 0 unspecified atom stereocenters. The topological polar surface area (TPSA) is 55.0 Å². The van der Waals surface area contributed by atoms with Crippen LogP contribution in [-0.2, 0) is 13.1 Å². The highest BCUT2D eigenvalue weighted by molar-refractivity contribution is 5.50. The Labute approximate surface area is 118 Å². The van der Waals surface area contributed by atoms with E-state index in [-0.39, 0.29) is 5.82 Å². The Balaban J connectivity index is 2.27. The summed E-state index contributed by atoms with van der Waals surface area (Å²) in [5.41, 5.74) is 9.81. The monoisotopic (exact) mass is 274 g/mol. The highest BCUT2D eigenvalue weighted by atomic mass is 19.1. The van der Waals surface area contributed by atoms with Crippen molar-refractivity contribution in [1.29, 1.82) is 0 Å². The second-order valence-corrected chi connectivity index (χ2v) is 4.90. The van der Waals surface area contributed by atoms with Crippen LogP contribution in [-0.4, -0.2) is 17.2 Å². The fraction of sp³-hybridized carbons (Fsp3) is 0.333. The number of halogens is 1. The molecule has 2 N–H and O–H groups in total. The minimum Gasteiger partial charge on any atom is -0.354 e. The summed E-state index contributed by atoms with van der Waals surface area (Å²) < 4.78 is 12.9. The molecule has 0 spiro atoms. The molecule has 0 bridgehead atoms. The molecule has 0 aliphatic carbocycles. The number of nitrogens with two attached hydrogens (primary N) is 1. The van der Waals surface area contributed by atoms with Crippen LogP contribution in [0.5, 0.6) is 0 Å². The molecule has 5 heteroatoms. The Morgan fingerprint density at radius 2 is 1.80 bits per heavy atom. The van der Waals surface area contributed by atoms with Crippen LogP contribution in [0.3, 0.4) is 0 Å². The molecular weight excluding hydrogens is 255 g/mol. The van der Waals surface area contributed by atoms with E-state index in [0.717, 1.165) is 28.2 Å². The predicted molar refractivity (Wildman–Crippen MR) is 77.9 cm³/mol. The zero-order valence-corrected chi connectivity index (χ0v) is 12.0. The van der Waals surface area contributed by atoms with Crippen LogP contribution >= 0.6 is 0 Å².